The Hall–Kier alpha value is -2.44. The molecule has 31 heavy (non-hydrogen) atoms. The fraction of sp³-hybridized carbons (Fsp3) is 0.440. The van der Waals surface area contributed by atoms with E-state index in [9.17, 15) is 0 Å². The molecule has 0 saturated heterocycles. The fourth-order valence-corrected chi connectivity index (χ4v) is 4.26. The van der Waals surface area contributed by atoms with Crippen LogP contribution in [0.15, 0.2) is 40.8 Å². The zero-order chi connectivity index (χ0) is 22.8. The summed E-state index contributed by atoms with van der Waals surface area (Å²) in [6, 6.07) is 12.0. The van der Waals surface area contributed by atoms with Crippen molar-refractivity contribution in [2.45, 2.75) is 51.7 Å². The van der Waals surface area contributed by atoms with Crippen LogP contribution in [0.1, 0.15) is 32.8 Å². The topological polar surface area (TPSA) is 61.1 Å². The predicted octanol–water partition coefficient (Wildman–Crippen LogP) is 6.43. The molecule has 1 heterocycles. The van der Waals surface area contributed by atoms with Gasteiger partial charge in [0.2, 0.25) is 0 Å². The molecule has 0 bridgehead atoms. The van der Waals surface area contributed by atoms with E-state index in [0.29, 0.717) is 23.5 Å². The van der Waals surface area contributed by atoms with Crippen LogP contribution in [0.3, 0.4) is 0 Å². The van der Waals surface area contributed by atoms with Crippen molar-refractivity contribution in [2.24, 2.45) is 0 Å². The van der Waals surface area contributed by atoms with Gasteiger partial charge in [-0.3, -0.25) is 0 Å². The molecule has 6 heteroatoms. The second-order valence-electron chi connectivity index (χ2n) is 9.38. The van der Waals surface area contributed by atoms with Crippen molar-refractivity contribution in [1.29, 1.82) is 0 Å². The Morgan fingerprint density at radius 1 is 0.935 bits per heavy atom. The highest BCUT2D eigenvalue weighted by atomic mass is 28.4. The van der Waals surface area contributed by atoms with E-state index in [1.165, 1.54) is 0 Å². The van der Waals surface area contributed by atoms with E-state index in [1.807, 2.05) is 30.3 Å². The van der Waals surface area contributed by atoms with Crippen molar-refractivity contribution in [3.05, 3.63) is 42.0 Å². The molecule has 3 rings (SSSR count). The number of furan rings is 1. The number of ether oxygens (including phenoxy) is 2. The maximum atomic E-state index is 9.14. The molecule has 0 radical (unpaired) electrons. The fourth-order valence-electron chi connectivity index (χ4n) is 3.23. The molecule has 3 aromatic rings. The highest BCUT2D eigenvalue weighted by Crippen LogP contribution is 2.42. The molecule has 5 nitrogen and oxygen atoms in total. The molecule has 1 aromatic heterocycles. The largest absolute Gasteiger partial charge is 0.541 e. The van der Waals surface area contributed by atoms with Crippen molar-refractivity contribution in [3.63, 3.8) is 0 Å². The first kappa shape index (κ1) is 23.2. The smallest absolute Gasteiger partial charge is 0.250 e. The van der Waals surface area contributed by atoms with Gasteiger partial charge >= 0.3 is 0 Å². The first-order valence-corrected chi connectivity index (χ1v) is 13.6. The summed E-state index contributed by atoms with van der Waals surface area (Å²) in [5, 5.41) is 10.2. The Kier molecular flexibility index (Phi) is 6.72. The van der Waals surface area contributed by atoms with Crippen LogP contribution in [0.5, 0.6) is 17.2 Å². The minimum absolute atomic E-state index is 0.0969. The molecule has 1 N–H and O–H groups in total. The second-order valence-corrected chi connectivity index (χ2v) is 14.1. The number of fused-ring (bicyclic) bond motifs is 1. The van der Waals surface area contributed by atoms with Gasteiger partial charge in [-0.25, -0.2) is 0 Å². The number of rotatable bonds is 8. The predicted molar refractivity (Wildman–Crippen MR) is 128 cm³/mol. The Bertz CT molecular complexity index is 1050. The Morgan fingerprint density at radius 3 is 2.26 bits per heavy atom. The normalized spacial score (nSPS) is 12.3. The first-order chi connectivity index (χ1) is 14.6. The Morgan fingerprint density at radius 2 is 1.65 bits per heavy atom. The van der Waals surface area contributed by atoms with Crippen molar-refractivity contribution >= 4 is 19.3 Å². The van der Waals surface area contributed by atoms with Crippen LogP contribution in [0.25, 0.3) is 22.3 Å². The number of hydrogen-bond donors (Lipinski definition) is 1. The lowest BCUT2D eigenvalue weighted by molar-refractivity contribution is 0.288. The second kappa shape index (κ2) is 8.97. The zero-order valence-corrected chi connectivity index (χ0v) is 20.7. The Balaban J connectivity index is 1.99. The molecule has 0 atom stereocenters. The molecular formula is C25H34O5Si. The van der Waals surface area contributed by atoms with Crippen LogP contribution in [-0.4, -0.2) is 34.3 Å². The third-order valence-corrected chi connectivity index (χ3v) is 10.4. The lowest BCUT2D eigenvalue weighted by atomic mass is 10.1. The molecule has 0 amide bonds. The average molecular weight is 443 g/mol. The first-order valence-electron chi connectivity index (χ1n) is 10.7. The average Bonchev–Trinajstić information content (AvgIpc) is 3.15. The number of aliphatic hydroxyl groups is 1. The maximum absolute atomic E-state index is 9.14. The number of aryl methyl sites for hydroxylation is 1. The van der Waals surface area contributed by atoms with E-state index >= 15 is 0 Å². The highest BCUT2D eigenvalue weighted by Gasteiger charge is 2.39. The van der Waals surface area contributed by atoms with Crippen molar-refractivity contribution in [1.82, 2.24) is 0 Å². The van der Waals surface area contributed by atoms with Gasteiger partial charge in [-0.1, -0.05) is 20.8 Å². The van der Waals surface area contributed by atoms with E-state index in [0.717, 1.165) is 34.4 Å². The molecule has 168 valence electrons. The summed E-state index contributed by atoms with van der Waals surface area (Å²) < 4.78 is 23.8. The van der Waals surface area contributed by atoms with E-state index in [1.54, 1.807) is 14.2 Å². The quantitative estimate of drug-likeness (QED) is 0.408. The van der Waals surface area contributed by atoms with Crippen LogP contribution in [0.4, 0.5) is 0 Å². The van der Waals surface area contributed by atoms with Crippen LogP contribution in [0, 0.1) is 0 Å². The number of methoxy groups -OCH3 is 2. The lowest BCUT2D eigenvalue weighted by Crippen LogP contribution is -2.43. The van der Waals surface area contributed by atoms with Gasteiger partial charge in [0.05, 0.1) is 14.2 Å². The van der Waals surface area contributed by atoms with E-state index in [2.05, 4.69) is 39.9 Å². The van der Waals surface area contributed by atoms with E-state index in [4.69, 9.17) is 23.4 Å². The molecule has 0 unspecified atom stereocenters. The van der Waals surface area contributed by atoms with Gasteiger partial charge in [-0.15, -0.1) is 0 Å². The summed E-state index contributed by atoms with van der Waals surface area (Å²) in [6.07, 6.45) is 1.50. The Labute approximate surface area is 186 Å². The highest BCUT2D eigenvalue weighted by molar-refractivity contribution is 6.74. The molecule has 0 aliphatic heterocycles. The third-order valence-electron chi connectivity index (χ3n) is 6.10. The van der Waals surface area contributed by atoms with Crippen LogP contribution < -0.4 is 13.9 Å². The minimum atomic E-state index is -1.98. The van der Waals surface area contributed by atoms with Gasteiger partial charge in [-0.05, 0) is 72.9 Å². The molecule has 0 fully saturated rings. The summed E-state index contributed by atoms with van der Waals surface area (Å²) in [5.74, 6) is 2.89. The van der Waals surface area contributed by atoms with Gasteiger partial charge in [0.15, 0.2) is 17.1 Å². The van der Waals surface area contributed by atoms with E-state index in [-0.39, 0.29) is 11.6 Å². The summed E-state index contributed by atoms with van der Waals surface area (Å²) in [7, 11) is 1.32. The maximum Gasteiger partial charge on any atom is 0.250 e. The summed E-state index contributed by atoms with van der Waals surface area (Å²) in [6.45, 7) is 11.3. The number of aliphatic hydroxyl groups excluding tert-OH is 1. The lowest BCUT2D eigenvalue weighted by Gasteiger charge is -2.36. The number of hydrogen-bond acceptors (Lipinski definition) is 5. The van der Waals surface area contributed by atoms with Crippen LogP contribution in [-0.2, 0) is 6.42 Å². The molecule has 0 spiro atoms. The molecule has 0 saturated carbocycles. The van der Waals surface area contributed by atoms with Gasteiger partial charge in [0, 0.05) is 17.6 Å². The van der Waals surface area contributed by atoms with Crippen LogP contribution in [0.2, 0.25) is 18.1 Å². The van der Waals surface area contributed by atoms with Gasteiger partial charge < -0.3 is 23.4 Å². The monoisotopic (exact) mass is 442 g/mol. The van der Waals surface area contributed by atoms with E-state index < -0.39 is 8.32 Å². The van der Waals surface area contributed by atoms with Crippen molar-refractivity contribution in [2.75, 3.05) is 20.8 Å². The van der Waals surface area contributed by atoms with Crippen LogP contribution >= 0.6 is 0 Å². The summed E-state index contributed by atoms with van der Waals surface area (Å²) >= 11 is 0. The number of benzene rings is 2. The van der Waals surface area contributed by atoms with Crippen molar-refractivity contribution in [3.8, 4) is 28.6 Å². The minimum Gasteiger partial charge on any atom is -0.541 e. The summed E-state index contributed by atoms with van der Waals surface area (Å²) in [5.41, 5.74) is 2.74. The zero-order valence-electron chi connectivity index (χ0n) is 19.7. The molecule has 0 aliphatic rings. The SMILES string of the molecule is COc1cc(-c2cc3cc(CCCO)cc(OC)c3o2)ccc1O[Si](C)(C)C(C)(C)C. The van der Waals surface area contributed by atoms with Gasteiger partial charge in [0.1, 0.15) is 11.5 Å². The van der Waals surface area contributed by atoms with Gasteiger partial charge in [0.25, 0.3) is 8.32 Å². The summed E-state index contributed by atoms with van der Waals surface area (Å²) in [4.78, 5) is 0. The molecule has 2 aromatic carbocycles. The standard InChI is InChI=1S/C25H34O5Si/c1-25(2,3)31(6,7)30-20-11-10-18(15-22(20)27-4)21-16-19-13-17(9-8-12-26)14-23(28-5)24(19)29-21/h10-11,13-16,26H,8-9,12H2,1-7H3. The van der Waals surface area contributed by atoms with Gasteiger partial charge in [-0.2, -0.15) is 0 Å². The molecular weight excluding hydrogens is 408 g/mol. The third kappa shape index (κ3) is 4.91. The molecule has 0 aliphatic carbocycles. The van der Waals surface area contributed by atoms with Crippen molar-refractivity contribution < 1.29 is 23.4 Å².